The highest BCUT2D eigenvalue weighted by molar-refractivity contribution is 7.91. The minimum absolute atomic E-state index is 0.0904. The molecule has 5 nitrogen and oxygen atoms in total. The van der Waals surface area contributed by atoms with Crippen LogP contribution in [0, 0.1) is 0 Å². The lowest BCUT2D eigenvalue weighted by molar-refractivity contribution is 0.0532. The second-order valence-electron chi connectivity index (χ2n) is 6.16. The van der Waals surface area contributed by atoms with Crippen LogP contribution in [-0.2, 0) is 20.5 Å². The number of hydrogen-bond donors (Lipinski definition) is 1. The second-order valence-corrected chi connectivity index (χ2v) is 8.32. The number of rotatable bonds is 5. The van der Waals surface area contributed by atoms with Crippen LogP contribution in [0.3, 0.4) is 0 Å². The molecule has 0 radical (unpaired) electrons. The van der Waals surface area contributed by atoms with Crippen LogP contribution in [0.15, 0.2) is 48.5 Å². The summed E-state index contributed by atoms with van der Waals surface area (Å²) in [6, 6.07) is 14.2. The van der Waals surface area contributed by atoms with Crippen molar-refractivity contribution in [3.8, 4) is 0 Å². The summed E-state index contributed by atoms with van der Waals surface area (Å²) in [6.45, 7) is 4.43. The number of hydrogen-bond acceptors (Lipinski definition) is 4. The number of sulfonamides is 1. The third-order valence-electron chi connectivity index (χ3n) is 4.02. The third-order valence-corrected chi connectivity index (χ3v) is 5.53. The summed E-state index contributed by atoms with van der Waals surface area (Å²) < 4.78 is 32.8. The zero-order valence-electron chi connectivity index (χ0n) is 14.0. The molecule has 2 aromatic rings. The van der Waals surface area contributed by atoms with Crippen LogP contribution in [0.1, 0.15) is 12.5 Å². The Kier molecular flexibility index (Phi) is 5.51. The van der Waals surface area contributed by atoms with Crippen molar-refractivity contribution in [2.75, 3.05) is 29.3 Å². The largest absolute Gasteiger partial charge is 0.375 e. The predicted octanol–water partition coefficient (Wildman–Crippen LogP) is 3.51. The summed E-state index contributed by atoms with van der Waals surface area (Å²) >= 11 is 5.82. The lowest BCUT2D eigenvalue weighted by Gasteiger charge is -2.33. The molecule has 3 rings (SSSR count). The second kappa shape index (κ2) is 7.64. The lowest BCUT2D eigenvalue weighted by Crippen LogP contribution is -2.41. The number of halogens is 1. The molecule has 1 aliphatic rings. The Morgan fingerprint density at radius 1 is 1.16 bits per heavy atom. The monoisotopic (exact) mass is 380 g/mol. The van der Waals surface area contributed by atoms with E-state index in [0.717, 1.165) is 18.8 Å². The number of nitrogens with zero attached hydrogens (tertiary/aromatic N) is 1. The fourth-order valence-electron chi connectivity index (χ4n) is 2.81. The first-order valence-electron chi connectivity index (χ1n) is 8.13. The first-order valence-corrected chi connectivity index (χ1v) is 10.2. The van der Waals surface area contributed by atoms with Crippen molar-refractivity contribution >= 4 is 33.0 Å². The molecule has 1 saturated heterocycles. The molecular weight excluding hydrogens is 360 g/mol. The van der Waals surface area contributed by atoms with Crippen LogP contribution in [-0.4, -0.2) is 34.2 Å². The first-order chi connectivity index (χ1) is 11.9. The Labute approximate surface area is 153 Å². The van der Waals surface area contributed by atoms with E-state index in [4.69, 9.17) is 16.3 Å². The Balaban J connectivity index is 1.64. The van der Waals surface area contributed by atoms with Gasteiger partial charge in [-0.25, -0.2) is 8.42 Å². The summed E-state index contributed by atoms with van der Waals surface area (Å²) in [5.41, 5.74) is 2.31. The molecule has 134 valence electrons. The van der Waals surface area contributed by atoms with Gasteiger partial charge in [-0.3, -0.25) is 4.72 Å². The van der Waals surface area contributed by atoms with E-state index >= 15 is 0 Å². The van der Waals surface area contributed by atoms with E-state index in [1.54, 1.807) is 36.4 Å². The van der Waals surface area contributed by atoms with E-state index in [0.29, 0.717) is 22.9 Å². The molecular formula is C18H21ClN2O3S. The Morgan fingerprint density at radius 2 is 1.84 bits per heavy atom. The minimum atomic E-state index is -3.47. The van der Waals surface area contributed by atoms with Gasteiger partial charge in [-0.15, -0.1) is 0 Å². The summed E-state index contributed by atoms with van der Waals surface area (Å²) in [7, 11) is -3.47. The zero-order chi connectivity index (χ0) is 17.9. The highest BCUT2D eigenvalue weighted by atomic mass is 35.5. The van der Waals surface area contributed by atoms with Gasteiger partial charge >= 0.3 is 0 Å². The maximum absolute atomic E-state index is 12.3. The van der Waals surface area contributed by atoms with Gasteiger partial charge in [-0.05, 0) is 48.9 Å². The molecule has 1 N–H and O–H groups in total. The van der Waals surface area contributed by atoms with Crippen LogP contribution in [0.4, 0.5) is 11.4 Å². The van der Waals surface area contributed by atoms with Crippen molar-refractivity contribution in [1.82, 2.24) is 0 Å². The molecule has 0 saturated carbocycles. The van der Waals surface area contributed by atoms with E-state index < -0.39 is 10.0 Å². The molecule has 0 spiro atoms. The summed E-state index contributed by atoms with van der Waals surface area (Å²) in [5.74, 6) is -0.0904. The van der Waals surface area contributed by atoms with E-state index in [-0.39, 0.29) is 11.9 Å². The van der Waals surface area contributed by atoms with Crippen molar-refractivity contribution in [1.29, 1.82) is 0 Å². The van der Waals surface area contributed by atoms with Crippen LogP contribution in [0.2, 0.25) is 5.02 Å². The van der Waals surface area contributed by atoms with Gasteiger partial charge < -0.3 is 9.64 Å². The van der Waals surface area contributed by atoms with E-state index in [2.05, 4.69) is 9.62 Å². The number of nitrogens with one attached hydrogen (secondary N) is 1. The fraction of sp³-hybridized carbons (Fsp3) is 0.333. The SMILES string of the molecule is CC1CN(c2ccc(NS(=O)(=O)Cc3ccc(Cl)cc3)cc2)CCO1. The summed E-state index contributed by atoms with van der Waals surface area (Å²) in [5, 5.41) is 0.585. The van der Waals surface area contributed by atoms with E-state index in [9.17, 15) is 8.42 Å². The average molecular weight is 381 g/mol. The van der Waals surface area contributed by atoms with Crippen molar-refractivity contribution in [2.24, 2.45) is 0 Å². The average Bonchev–Trinajstić information content (AvgIpc) is 2.57. The molecule has 1 aliphatic heterocycles. The Bertz CT molecular complexity index is 807. The molecule has 0 aromatic heterocycles. The number of ether oxygens (including phenoxy) is 1. The smallest absolute Gasteiger partial charge is 0.236 e. The van der Waals surface area contributed by atoms with Crippen molar-refractivity contribution in [3.63, 3.8) is 0 Å². The van der Waals surface area contributed by atoms with Gasteiger partial charge in [0.25, 0.3) is 0 Å². The van der Waals surface area contributed by atoms with Gasteiger partial charge in [0.15, 0.2) is 0 Å². The van der Waals surface area contributed by atoms with Gasteiger partial charge in [0.2, 0.25) is 10.0 Å². The van der Waals surface area contributed by atoms with Crippen LogP contribution >= 0.6 is 11.6 Å². The molecule has 7 heteroatoms. The molecule has 1 heterocycles. The van der Waals surface area contributed by atoms with Crippen LogP contribution < -0.4 is 9.62 Å². The zero-order valence-corrected chi connectivity index (χ0v) is 15.6. The topological polar surface area (TPSA) is 58.6 Å². The summed E-state index contributed by atoms with van der Waals surface area (Å²) in [6.07, 6.45) is 0.200. The molecule has 1 fully saturated rings. The molecule has 0 amide bonds. The lowest BCUT2D eigenvalue weighted by atomic mass is 10.2. The maximum Gasteiger partial charge on any atom is 0.236 e. The fourth-order valence-corrected chi connectivity index (χ4v) is 4.13. The van der Waals surface area contributed by atoms with Crippen molar-refractivity contribution in [2.45, 2.75) is 18.8 Å². The number of benzene rings is 2. The highest BCUT2D eigenvalue weighted by Gasteiger charge is 2.17. The first kappa shape index (κ1) is 18.0. The molecule has 2 aromatic carbocycles. The molecule has 0 bridgehead atoms. The molecule has 1 atom stereocenters. The van der Waals surface area contributed by atoms with Crippen LogP contribution in [0.5, 0.6) is 0 Å². The van der Waals surface area contributed by atoms with Gasteiger partial charge in [0.05, 0.1) is 18.5 Å². The Morgan fingerprint density at radius 3 is 2.48 bits per heavy atom. The van der Waals surface area contributed by atoms with Gasteiger partial charge in [-0.1, -0.05) is 23.7 Å². The predicted molar refractivity (Wildman–Crippen MR) is 102 cm³/mol. The third kappa shape index (κ3) is 5.11. The standard InChI is InChI=1S/C18H21ClN2O3S/c1-14-12-21(10-11-24-14)18-8-6-17(7-9-18)20-25(22,23)13-15-2-4-16(19)5-3-15/h2-9,14,20H,10-13H2,1H3. The molecule has 0 aliphatic carbocycles. The van der Waals surface area contributed by atoms with E-state index in [1.165, 1.54) is 0 Å². The normalized spacial score (nSPS) is 18.2. The van der Waals surface area contributed by atoms with E-state index in [1.807, 2.05) is 19.1 Å². The van der Waals surface area contributed by atoms with Gasteiger partial charge in [-0.2, -0.15) is 0 Å². The Hall–Kier alpha value is -1.76. The highest BCUT2D eigenvalue weighted by Crippen LogP contribution is 2.22. The van der Waals surface area contributed by atoms with Gasteiger partial charge in [0.1, 0.15) is 0 Å². The molecule has 1 unspecified atom stereocenters. The molecule has 25 heavy (non-hydrogen) atoms. The number of anilines is 2. The van der Waals surface area contributed by atoms with Gasteiger partial charge in [0, 0.05) is 29.5 Å². The number of morpholine rings is 1. The quantitative estimate of drug-likeness (QED) is 0.862. The van der Waals surface area contributed by atoms with Crippen LogP contribution in [0.25, 0.3) is 0 Å². The van der Waals surface area contributed by atoms with Crippen molar-refractivity contribution in [3.05, 3.63) is 59.1 Å². The minimum Gasteiger partial charge on any atom is -0.375 e. The van der Waals surface area contributed by atoms with Crippen molar-refractivity contribution < 1.29 is 13.2 Å². The maximum atomic E-state index is 12.3. The summed E-state index contributed by atoms with van der Waals surface area (Å²) in [4.78, 5) is 2.24.